The zero-order chi connectivity index (χ0) is 18.0. The van der Waals surface area contributed by atoms with Gasteiger partial charge in [0.15, 0.2) is 5.75 Å². The van der Waals surface area contributed by atoms with Gasteiger partial charge in [-0.05, 0) is 11.6 Å². The predicted octanol–water partition coefficient (Wildman–Crippen LogP) is 6.28. The van der Waals surface area contributed by atoms with Crippen LogP contribution in [0.15, 0.2) is 24.3 Å². The second-order valence-electron chi connectivity index (χ2n) is 5.51. The van der Waals surface area contributed by atoms with Gasteiger partial charge in [-0.1, -0.05) is 76.2 Å². The summed E-state index contributed by atoms with van der Waals surface area (Å²) < 4.78 is 11.7. The minimum absolute atomic E-state index is 0.0711. The van der Waals surface area contributed by atoms with Crippen LogP contribution < -0.4 is 10.1 Å². The average molecular weight is 442 g/mol. The highest BCUT2D eigenvalue weighted by atomic mass is 35.5. The number of hydrogen-bond acceptors (Lipinski definition) is 3. The van der Waals surface area contributed by atoms with Crippen molar-refractivity contribution in [1.82, 2.24) is 5.32 Å². The highest BCUT2D eigenvalue weighted by molar-refractivity contribution is 6.55. The van der Waals surface area contributed by atoms with Crippen LogP contribution in [-0.4, -0.2) is 25.8 Å². The van der Waals surface area contributed by atoms with E-state index in [-0.39, 0.29) is 37.0 Å². The molecule has 0 aromatic heterocycles. The zero-order valence-electron chi connectivity index (χ0n) is 12.9. The van der Waals surface area contributed by atoms with Crippen LogP contribution in [-0.2, 0) is 11.2 Å². The maximum absolute atomic E-state index is 6.25. The van der Waals surface area contributed by atoms with E-state index in [2.05, 4.69) is 5.32 Å². The number of hydrogen-bond donors (Lipinski definition) is 1. The Morgan fingerprint density at radius 3 is 2.24 bits per heavy atom. The van der Waals surface area contributed by atoms with Crippen molar-refractivity contribution >= 4 is 58.0 Å². The fourth-order valence-corrected chi connectivity index (χ4v) is 3.75. The van der Waals surface area contributed by atoms with Gasteiger partial charge in [-0.15, -0.1) is 0 Å². The summed E-state index contributed by atoms with van der Waals surface area (Å²) in [7, 11) is 0. The molecule has 25 heavy (non-hydrogen) atoms. The smallest absolute Gasteiger partial charge is 0.167 e. The number of benzene rings is 2. The number of halogens is 5. The van der Waals surface area contributed by atoms with Gasteiger partial charge in [0.2, 0.25) is 0 Å². The van der Waals surface area contributed by atoms with E-state index in [1.165, 1.54) is 0 Å². The third-order valence-corrected chi connectivity index (χ3v) is 6.05. The highest BCUT2D eigenvalue weighted by Crippen LogP contribution is 2.49. The van der Waals surface area contributed by atoms with Crippen molar-refractivity contribution in [3.63, 3.8) is 0 Å². The SMILES string of the molecule is Clc1c(Cl)c(Cl)c(Oc2ccccc2C[C@H]2CNCCO2)c(Cl)c1Cl. The summed E-state index contributed by atoms with van der Waals surface area (Å²) in [5.41, 5.74) is 0.963. The van der Waals surface area contributed by atoms with Gasteiger partial charge in [0.05, 0.1) is 27.8 Å². The van der Waals surface area contributed by atoms with Gasteiger partial charge in [0.1, 0.15) is 15.8 Å². The van der Waals surface area contributed by atoms with Crippen LogP contribution in [0.5, 0.6) is 11.5 Å². The van der Waals surface area contributed by atoms with E-state index >= 15 is 0 Å². The lowest BCUT2D eigenvalue weighted by Crippen LogP contribution is -2.39. The van der Waals surface area contributed by atoms with E-state index in [1.807, 2.05) is 24.3 Å². The Labute approximate surface area is 171 Å². The first-order valence-electron chi connectivity index (χ1n) is 7.58. The molecule has 1 heterocycles. The van der Waals surface area contributed by atoms with Gasteiger partial charge in [-0.2, -0.15) is 0 Å². The fourth-order valence-electron chi connectivity index (χ4n) is 2.55. The molecular formula is C17H14Cl5NO2. The van der Waals surface area contributed by atoms with Crippen LogP contribution in [0.25, 0.3) is 0 Å². The molecule has 3 nitrogen and oxygen atoms in total. The fraction of sp³-hybridized carbons (Fsp3) is 0.294. The summed E-state index contributed by atoms with van der Waals surface area (Å²) >= 11 is 30.7. The second kappa shape index (κ2) is 8.53. The van der Waals surface area contributed by atoms with Gasteiger partial charge < -0.3 is 14.8 Å². The third-order valence-electron chi connectivity index (χ3n) is 3.81. The molecule has 1 saturated heterocycles. The molecule has 1 fully saturated rings. The molecule has 1 aliphatic heterocycles. The molecule has 1 N–H and O–H groups in total. The summed E-state index contributed by atoms with van der Waals surface area (Å²) in [5.74, 6) is 0.785. The van der Waals surface area contributed by atoms with E-state index in [0.717, 1.165) is 18.7 Å². The molecule has 8 heteroatoms. The van der Waals surface area contributed by atoms with Gasteiger partial charge in [-0.25, -0.2) is 0 Å². The Morgan fingerprint density at radius 2 is 1.60 bits per heavy atom. The van der Waals surface area contributed by atoms with Crippen molar-refractivity contribution in [2.45, 2.75) is 12.5 Å². The van der Waals surface area contributed by atoms with Crippen molar-refractivity contribution < 1.29 is 9.47 Å². The van der Waals surface area contributed by atoms with E-state index in [1.54, 1.807) is 0 Å². The molecule has 2 aromatic carbocycles. The molecule has 3 rings (SSSR count). The number of nitrogens with one attached hydrogen (secondary N) is 1. The standard InChI is InChI=1S/C17H14Cl5NO2/c18-12-13(19)15(21)17(16(22)14(12)20)25-11-4-2-1-3-9(11)7-10-8-23-5-6-24-10/h1-4,10,23H,5-8H2/t10-/m0/s1. The summed E-state index contributed by atoms with van der Waals surface area (Å²) in [6.07, 6.45) is 0.759. The Morgan fingerprint density at radius 1 is 0.960 bits per heavy atom. The molecule has 0 unspecified atom stereocenters. The predicted molar refractivity (Wildman–Crippen MR) is 104 cm³/mol. The average Bonchev–Trinajstić information content (AvgIpc) is 2.64. The van der Waals surface area contributed by atoms with Crippen LogP contribution >= 0.6 is 58.0 Å². The van der Waals surface area contributed by atoms with Crippen LogP contribution in [0.1, 0.15) is 5.56 Å². The van der Waals surface area contributed by atoms with Crippen LogP contribution in [0.2, 0.25) is 25.1 Å². The highest BCUT2D eigenvalue weighted by Gasteiger charge is 2.22. The van der Waals surface area contributed by atoms with E-state index in [0.29, 0.717) is 18.8 Å². The Balaban J connectivity index is 1.91. The van der Waals surface area contributed by atoms with Crippen LogP contribution in [0.3, 0.4) is 0 Å². The Kier molecular flexibility index (Phi) is 6.61. The van der Waals surface area contributed by atoms with Gasteiger partial charge >= 0.3 is 0 Å². The minimum atomic E-state index is 0.0711. The maximum atomic E-state index is 6.25. The van der Waals surface area contributed by atoms with Crippen molar-refractivity contribution in [2.24, 2.45) is 0 Å². The molecule has 1 atom stereocenters. The van der Waals surface area contributed by atoms with Crippen molar-refractivity contribution in [1.29, 1.82) is 0 Å². The maximum Gasteiger partial charge on any atom is 0.167 e. The molecule has 0 bridgehead atoms. The number of rotatable bonds is 4. The second-order valence-corrected chi connectivity index (χ2v) is 7.40. The van der Waals surface area contributed by atoms with E-state index in [9.17, 15) is 0 Å². The van der Waals surface area contributed by atoms with Crippen LogP contribution in [0, 0.1) is 0 Å². The molecule has 0 saturated carbocycles. The lowest BCUT2D eigenvalue weighted by atomic mass is 10.1. The summed E-state index contributed by atoms with van der Waals surface area (Å²) in [6.45, 7) is 2.34. The van der Waals surface area contributed by atoms with Gasteiger partial charge in [0, 0.05) is 19.5 Å². The van der Waals surface area contributed by atoms with E-state index in [4.69, 9.17) is 67.5 Å². The molecular weight excluding hydrogens is 427 g/mol. The summed E-state index contributed by atoms with van der Waals surface area (Å²) in [5, 5.41) is 3.84. The molecule has 0 radical (unpaired) electrons. The number of para-hydroxylation sites is 1. The van der Waals surface area contributed by atoms with Crippen molar-refractivity contribution in [3.05, 3.63) is 54.9 Å². The summed E-state index contributed by atoms with van der Waals surface area (Å²) in [4.78, 5) is 0. The first kappa shape index (κ1) is 19.4. The van der Waals surface area contributed by atoms with E-state index < -0.39 is 0 Å². The quantitative estimate of drug-likeness (QED) is 0.448. The molecule has 2 aromatic rings. The minimum Gasteiger partial charge on any atom is -0.454 e. The number of morpholine rings is 1. The zero-order valence-corrected chi connectivity index (χ0v) is 16.7. The third kappa shape index (κ3) is 4.30. The van der Waals surface area contributed by atoms with Crippen molar-refractivity contribution in [2.75, 3.05) is 19.7 Å². The molecule has 0 aliphatic carbocycles. The molecule has 134 valence electrons. The van der Waals surface area contributed by atoms with Gasteiger partial charge in [-0.3, -0.25) is 0 Å². The van der Waals surface area contributed by atoms with Crippen LogP contribution in [0.4, 0.5) is 0 Å². The first-order valence-corrected chi connectivity index (χ1v) is 9.47. The van der Waals surface area contributed by atoms with Crippen molar-refractivity contribution in [3.8, 4) is 11.5 Å². The Bertz CT molecular complexity index is 749. The Hall–Kier alpha value is -0.390. The van der Waals surface area contributed by atoms with Gasteiger partial charge in [0.25, 0.3) is 0 Å². The summed E-state index contributed by atoms with van der Waals surface area (Å²) in [6, 6.07) is 7.59. The molecule has 0 amide bonds. The normalized spacial score (nSPS) is 17.6. The molecule has 1 aliphatic rings. The largest absolute Gasteiger partial charge is 0.454 e. The lowest BCUT2D eigenvalue weighted by molar-refractivity contribution is 0.0290. The first-order chi connectivity index (χ1) is 12.0. The lowest BCUT2D eigenvalue weighted by Gasteiger charge is -2.24. The molecule has 0 spiro atoms. The topological polar surface area (TPSA) is 30.5 Å². The monoisotopic (exact) mass is 439 g/mol. The number of ether oxygens (including phenoxy) is 2.